The summed E-state index contributed by atoms with van der Waals surface area (Å²) in [5.74, 6) is 0.212. The minimum absolute atomic E-state index is 0.270. The van der Waals surface area contributed by atoms with Crippen molar-refractivity contribution in [1.29, 1.82) is 0 Å². The van der Waals surface area contributed by atoms with E-state index >= 15 is 0 Å². The second-order valence-electron chi connectivity index (χ2n) is 4.26. The summed E-state index contributed by atoms with van der Waals surface area (Å²) in [5, 5.41) is 0. The first-order valence-electron chi connectivity index (χ1n) is 6.35. The number of esters is 1. The van der Waals surface area contributed by atoms with Crippen LogP contribution >= 0.6 is 0 Å². The van der Waals surface area contributed by atoms with Gasteiger partial charge in [0.15, 0.2) is 0 Å². The van der Waals surface area contributed by atoms with Crippen LogP contribution in [0, 0.1) is 5.92 Å². The molecule has 0 spiro atoms. The predicted molar refractivity (Wildman–Crippen MR) is 67.8 cm³/mol. The van der Waals surface area contributed by atoms with Crippen LogP contribution in [0.3, 0.4) is 0 Å². The lowest BCUT2D eigenvalue weighted by Crippen LogP contribution is -2.14. The molecule has 0 bridgehead atoms. The lowest BCUT2D eigenvalue weighted by atomic mass is 10.0. The monoisotopic (exact) mass is 235 g/mol. The number of rotatable bonds is 7. The number of carbonyl (C=O) groups excluding carboxylic acids is 1. The Morgan fingerprint density at radius 2 is 2.29 bits per heavy atom. The molecule has 3 nitrogen and oxygen atoms in total. The number of nitrogens with zero attached hydrogens (tertiary/aromatic N) is 1. The molecule has 94 valence electrons. The van der Waals surface area contributed by atoms with Gasteiger partial charge in [0, 0.05) is 12.4 Å². The maximum Gasteiger partial charge on any atom is 0.339 e. The minimum atomic E-state index is -0.270. The Morgan fingerprint density at radius 1 is 1.47 bits per heavy atom. The van der Waals surface area contributed by atoms with E-state index in [4.69, 9.17) is 4.74 Å². The molecule has 17 heavy (non-hydrogen) atoms. The van der Waals surface area contributed by atoms with Gasteiger partial charge in [-0.15, -0.1) is 0 Å². The van der Waals surface area contributed by atoms with Crippen molar-refractivity contribution < 1.29 is 9.53 Å². The third-order valence-electron chi connectivity index (χ3n) is 2.89. The Kier molecular flexibility index (Phi) is 6.30. The number of hydrogen-bond acceptors (Lipinski definition) is 3. The van der Waals surface area contributed by atoms with E-state index in [1.807, 2.05) is 0 Å². The van der Waals surface area contributed by atoms with Crippen molar-refractivity contribution in [3.8, 4) is 0 Å². The maximum atomic E-state index is 11.7. The van der Waals surface area contributed by atoms with Crippen LogP contribution in [-0.4, -0.2) is 17.6 Å². The Balaban J connectivity index is 2.36. The van der Waals surface area contributed by atoms with E-state index in [1.54, 1.807) is 18.3 Å². The van der Waals surface area contributed by atoms with Gasteiger partial charge in [-0.2, -0.15) is 0 Å². The molecule has 3 heteroatoms. The highest BCUT2D eigenvalue weighted by Crippen LogP contribution is 2.13. The van der Waals surface area contributed by atoms with Gasteiger partial charge in [0.25, 0.3) is 0 Å². The molecule has 1 aromatic rings. The molecule has 0 N–H and O–H groups in total. The summed E-state index contributed by atoms with van der Waals surface area (Å²) in [6, 6.07) is 3.47. The number of hydrogen-bond donors (Lipinski definition) is 0. The Morgan fingerprint density at radius 3 is 2.88 bits per heavy atom. The van der Waals surface area contributed by atoms with E-state index < -0.39 is 0 Å². The van der Waals surface area contributed by atoms with Gasteiger partial charge in [-0.25, -0.2) is 4.79 Å². The molecule has 0 aliphatic heterocycles. The van der Waals surface area contributed by atoms with Gasteiger partial charge in [-0.05, 0) is 24.5 Å². The van der Waals surface area contributed by atoms with E-state index in [-0.39, 0.29) is 5.97 Å². The second-order valence-corrected chi connectivity index (χ2v) is 4.26. The summed E-state index contributed by atoms with van der Waals surface area (Å²) in [7, 11) is 0. The van der Waals surface area contributed by atoms with E-state index in [2.05, 4.69) is 18.8 Å². The van der Waals surface area contributed by atoms with Crippen LogP contribution in [0.4, 0.5) is 0 Å². The van der Waals surface area contributed by atoms with Crippen LogP contribution in [0.1, 0.15) is 49.9 Å². The van der Waals surface area contributed by atoms with E-state index in [1.165, 1.54) is 19.0 Å². The highest BCUT2D eigenvalue weighted by atomic mass is 16.5. The topological polar surface area (TPSA) is 39.2 Å². The van der Waals surface area contributed by atoms with Crippen molar-refractivity contribution in [3.05, 3.63) is 30.1 Å². The summed E-state index contributed by atoms with van der Waals surface area (Å²) < 4.78 is 5.30. The van der Waals surface area contributed by atoms with Crippen molar-refractivity contribution in [3.63, 3.8) is 0 Å². The molecule has 0 aromatic carbocycles. The summed E-state index contributed by atoms with van der Waals surface area (Å²) in [4.78, 5) is 15.6. The minimum Gasteiger partial charge on any atom is -0.462 e. The maximum absolute atomic E-state index is 11.7. The average molecular weight is 235 g/mol. The Labute approximate surface area is 103 Å². The molecule has 1 aromatic heterocycles. The van der Waals surface area contributed by atoms with Crippen molar-refractivity contribution in [1.82, 2.24) is 4.98 Å². The first kappa shape index (κ1) is 13.7. The van der Waals surface area contributed by atoms with Crippen LogP contribution in [0.15, 0.2) is 24.5 Å². The summed E-state index contributed by atoms with van der Waals surface area (Å²) >= 11 is 0. The number of carbonyl (C=O) groups is 1. The average Bonchev–Trinajstić information content (AvgIpc) is 2.39. The Bertz CT molecular complexity index is 324. The molecule has 1 rings (SSSR count). The quantitative estimate of drug-likeness (QED) is 0.679. The zero-order chi connectivity index (χ0) is 12.5. The fourth-order valence-corrected chi connectivity index (χ4v) is 1.66. The zero-order valence-electron chi connectivity index (χ0n) is 10.7. The van der Waals surface area contributed by atoms with Gasteiger partial charge in [0.2, 0.25) is 0 Å². The van der Waals surface area contributed by atoms with Crippen LogP contribution in [0.2, 0.25) is 0 Å². The van der Waals surface area contributed by atoms with Crippen LogP contribution in [0.25, 0.3) is 0 Å². The largest absolute Gasteiger partial charge is 0.462 e. The molecule has 0 aliphatic rings. The molecule has 1 atom stereocenters. The zero-order valence-corrected chi connectivity index (χ0v) is 10.7. The third kappa shape index (κ3) is 4.98. The third-order valence-corrected chi connectivity index (χ3v) is 2.89. The molecule has 0 saturated heterocycles. The lowest BCUT2D eigenvalue weighted by Gasteiger charge is -2.14. The highest BCUT2D eigenvalue weighted by molar-refractivity contribution is 5.88. The van der Waals surface area contributed by atoms with Crippen LogP contribution < -0.4 is 0 Å². The summed E-state index contributed by atoms with van der Waals surface area (Å²) in [6.07, 6.45) is 7.76. The molecule has 0 aliphatic carbocycles. The van der Waals surface area contributed by atoms with E-state index in [0.717, 1.165) is 12.8 Å². The number of pyridine rings is 1. The van der Waals surface area contributed by atoms with E-state index in [9.17, 15) is 4.79 Å². The molecule has 0 radical (unpaired) electrons. The Hall–Kier alpha value is -1.38. The second kappa shape index (κ2) is 7.82. The number of unbranched alkanes of at least 4 members (excludes halogenated alkanes) is 1. The first-order chi connectivity index (χ1) is 8.27. The van der Waals surface area contributed by atoms with Crippen molar-refractivity contribution >= 4 is 5.97 Å². The van der Waals surface area contributed by atoms with Crippen molar-refractivity contribution in [2.24, 2.45) is 5.92 Å². The number of aromatic nitrogens is 1. The smallest absolute Gasteiger partial charge is 0.339 e. The molecule has 0 saturated carbocycles. The van der Waals surface area contributed by atoms with Gasteiger partial charge in [0.1, 0.15) is 0 Å². The van der Waals surface area contributed by atoms with Gasteiger partial charge >= 0.3 is 5.97 Å². The highest BCUT2D eigenvalue weighted by Gasteiger charge is 2.11. The van der Waals surface area contributed by atoms with Crippen LogP contribution in [0.5, 0.6) is 0 Å². The van der Waals surface area contributed by atoms with Gasteiger partial charge in [0.05, 0.1) is 12.2 Å². The lowest BCUT2D eigenvalue weighted by molar-refractivity contribution is 0.0427. The number of ether oxygens (including phenoxy) is 1. The van der Waals surface area contributed by atoms with Gasteiger partial charge in [-0.1, -0.05) is 33.1 Å². The van der Waals surface area contributed by atoms with Crippen molar-refractivity contribution in [2.45, 2.75) is 39.5 Å². The normalized spacial score (nSPS) is 12.1. The SMILES string of the molecule is CCCCC(CC)COC(=O)c1cccnc1. The van der Waals surface area contributed by atoms with E-state index in [0.29, 0.717) is 18.1 Å². The molecule has 1 heterocycles. The van der Waals surface area contributed by atoms with Crippen LogP contribution in [-0.2, 0) is 4.74 Å². The fourth-order valence-electron chi connectivity index (χ4n) is 1.66. The van der Waals surface area contributed by atoms with Gasteiger partial charge < -0.3 is 4.74 Å². The molecule has 1 unspecified atom stereocenters. The standard InChI is InChI=1S/C14H21NO2/c1-3-5-7-12(4-2)11-17-14(16)13-8-6-9-15-10-13/h6,8-10,12H,3-5,7,11H2,1-2H3. The van der Waals surface area contributed by atoms with Gasteiger partial charge in [-0.3, -0.25) is 4.98 Å². The molecular weight excluding hydrogens is 214 g/mol. The molecule has 0 amide bonds. The fraction of sp³-hybridized carbons (Fsp3) is 0.571. The summed E-state index contributed by atoms with van der Waals surface area (Å²) in [5.41, 5.74) is 0.526. The van der Waals surface area contributed by atoms with Crippen molar-refractivity contribution in [2.75, 3.05) is 6.61 Å². The molecule has 0 fully saturated rings. The predicted octanol–water partition coefficient (Wildman–Crippen LogP) is 3.45. The first-order valence-corrected chi connectivity index (χ1v) is 6.35. The molecular formula is C14H21NO2. The summed E-state index contributed by atoms with van der Waals surface area (Å²) in [6.45, 7) is 4.83.